The van der Waals surface area contributed by atoms with Gasteiger partial charge < -0.3 is 20.1 Å². The van der Waals surface area contributed by atoms with Gasteiger partial charge in [-0.1, -0.05) is 0 Å². The Morgan fingerprint density at radius 2 is 2.23 bits per heavy atom. The lowest BCUT2D eigenvalue weighted by atomic mass is 10.1. The van der Waals surface area contributed by atoms with Gasteiger partial charge in [-0.15, -0.1) is 11.3 Å². The maximum absolute atomic E-state index is 12.8. The van der Waals surface area contributed by atoms with E-state index in [1.54, 1.807) is 40.3 Å². The van der Waals surface area contributed by atoms with Gasteiger partial charge in [0.2, 0.25) is 5.43 Å². The fourth-order valence-corrected chi connectivity index (χ4v) is 4.72. The minimum atomic E-state index is -1.24. The Morgan fingerprint density at radius 3 is 2.97 bits per heavy atom. The Hall–Kier alpha value is -3.27. The van der Waals surface area contributed by atoms with Crippen LogP contribution >= 0.6 is 11.3 Å². The summed E-state index contributed by atoms with van der Waals surface area (Å²) in [5.74, 6) is -0.624. The number of carboxylic acid groups (broad SMARTS) is 1. The molecule has 0 saturated carbocycles. The van der Waals surface area contributed by atoms with E-state index in [0.29, 0.717) is 16.7 Å². The van der Waals surface area contributed by atoms with Crippen molar-refractivity contribution < 1.29 is 14.6 Å². The van der Waals surface area contributed by atoms with Gasteiger partial charge in [0.1, 0.15) is 11.1 Å². The van der Waals surface area contributed by atoms with Gasteiger partial charge in [0.15, 0.2) is 17.1 Å². The molecular formula is C20H21N5O4S. The Morgan fingerprint density at radius 1 is 1.40 bits per heavy atom. The Kier molecular flexibility index (Phi) is 4.31. The third-order valence-corrected chi connectivity index (χ3v) is 6.46. The molecule has 5 rings (SSSR count). The van der Waals surface area contributed by atoms with Gasteiger partial charge in [-0.2, -0.15) is 0 Å². The lowest BCUT2D eigenvalue weighted by Crippen LogP contribution is -2.46. The van der Waals surface area contributed by atoms with Crippen LogP contribution in [0.5, 0.6) is 5.75 Å². The van der Waals surface area contributed by atoms with Gasteiger partial charge in [-0.05, 0) is 25.5 Å². The number of hydrogen-bond acceptors (Lipinski definition) is 8. The first-order valence-corrected chi connectivity index (χ1v) is 10.6. The molecule has 2 aliphatic heterocycles. The van der Waals surface area contributed by atoms with Gasteiger partial charge in [0.25, 0.3) is 0 Å². The number of aromatic carboxylic acids is 1. The number of benzene rings is 1. The molecule has 0 bridgehead atoms. The predicted octanol–water partition coefficient (Wildman–Crippen LogP) is 2.15. The van der Waals surface area contributed by atoms with E-state index in [4.69, 9.17) is 4.74 Å². The van der Waals surface area contributed by atoms with E-state index in [1.807, 2.05) is 18.4 Å². The second-order valence-corrected chi connectivity index (χ2v) is 8.43. The molecule has 1 unspecified atom stereocenters. The number of hydrogen-bond donors (Lipinski definition) is 2. The first-order valence-electron chi connectivity index (χ1n) is 9.70. The molecule has 156 valence electrons. The SMILES string of the molecule is CC1Oc2c(N3CC[C@@H](Nc4nccs4)C3)ccc3c(=O)c(C(=O)O)cn(c23)N1C. The second-order valence-electron chi connectivity index (χ2n) is 7.54. The third kappa shape index (κ3) is 2.86. The summed E-state index contributed by atoms with van der Waals surface area (Å²) in [7, 11) is 1.81. The van der Waals surface area contributed by atoms with Crippen LogP contribution in [0.4, 0.5) is 10.8 Å². The van der Waals surface area contributed by atoms with E-state index in [-0.39, 0.29) is 17.8 Å². The Labute approximate surface area is 176 Å². The van der Waals surface area contributed by atoms with Crippen LogP contribution in [0.25, 0.3) is 10.9 Å². The third-order valence-electron chi connectivity index (χ3n) is 5.75. The number of pyridine rings is 1. The lowest BCUT2D eigenvalue weighted by Gasteiger charge is -2.37. The molecule has 2 aromatic heterocycles. The molecule has 2 atom stereocenters. The van der Waals surface area contributed by atoms with E-state index < -0.39 is 11.4 Å². The van der Waals surface area contributed by atoms with Crippen LogP contribution in [-0.4, -0.2) is 53.1 Å². The van der Waals surface area contributed by atoms with Crippen LogP contribution in [0.2, 0.25) is 0 Å². The van der Waals surface area contributed by atoms with E-state index in [9.17, 15) is 14.7 Å². The summed E-state index contributed by atoms with van der Waals surface area (Å²) >= 11 is 1.58. The van der Waals surface area contributed by atoms with Crippen molar-refractivity contribution in [3.05, 3.63) is 45.7 Å². The summed E-state index contributed by atoms with van der Waals surface area (Å²) in [6.45, 7) is 3.51. The van der Waals surface area contributed by atoms with E-state index >= 15 is 0 Å². The second kappa shape index (κ2) is 6.91. The van der Waals surface area contributed by atoms with Crippen LogP contribution in [0.15, 0.2) is 34.7 Å². The molecule has 1 aromatic carbocycles. The van der Waals surface area contributed by atoms with Crippen molar-refractivity contribution in [2.24, 2.45) is 0 Å². The average Bonchev–Trinajstić information content (AvgIpc) is 3.39. The number of rotatable bonds is 4. The largest absolute Gasteiger partial charge is 0.477 e. The van der Waals surface area contributed by atoms with Crippen molar-refractivity contribution in [2.45, 2.75) is 25.6 Å². The molecule has 0 spiro atoms. The monoisotopic (exact) mass is 427 g/mol. The van der Waals surface area contributed by atoms with Crippen molar-refractivity contribution in [1.82, 2.24) is 9.66 Å². The molecule has 30 heavy (non-hydrogen) atoms. The highest BCUT2D eigenvalue weighted by Crippen LogP contribution is 2.40. The van der Waals surface area contributed by atoms with E-state index in [0.717, 1.165) is 30.3 Å². The molecule has 0 aliphatic carbocycles. The van der Waals surface area contributed by atoms with Gasteiger partial charge in [-0.3, -0.25) is 14.5 Å². The van der Waals surface area contributed by atoms with Crippen LogP contribution in [-0.2, 0) is 0 Å². The zero-order valence-corrected chi connectivity index (χ0v) is 17.3. The zero-order chi connectivity index (χ0) is 21.0. The molecule has 3 aromatic rings. The number of carbonyl (C=O) groups is 1. The fourth-order valence-electron chi connectivity index (χ4n) is 4.12. The van der Waals surface area contributed by atoms with Crippen LogP contribution in [0.1, 0.15) is 23.7 Å². The van der Waals surface area contributed by atoms with Gasteiger partial charge in [-0.25, -0.2) is 9.78 Å². The molecule has 1 fully saturated rings. The number of thiazole rings is 1. The van der Waals surface area contributed by atoms with Gasteiger partial charge in [0, 0.05) is 44.0 Å². The number of carboxylic acids is 1. The summed E-state index contributed by atoms with van der Waals surface area (Å²) in [5, 5.41) is 17.9. The minimum Gasteiger partial charge on any atom is -0.477 e. The summed E-state index contributed by atoms with van der Waals surface area (Å²) in [4.78, 5) is 30.9. The van der Waals surface area contributed by atoms with Crippen LogP contribution in [0.3, 0.4) is 0 Å². The number of ether oxygens (including phenoxy) is 1. The van der Waals surface area contributed by atoms with Crippen molar-refractivity contribution in [2.75, 3.05) is 35.4 Å². The standard InChI is InChI=1S/C20H21N5O4S/c1-11-23(2)25-10-14(19(27)28)17(26)13-3-4-15(18(29-11)16(13)25)24-7-5-12(9-24)22-20-21-6-8-30-20/h3-4,6,8,10-12H,5,7,9H2,1-2H3,(H,21,22)(H,27,28)/t11?,12-/m1/s1. The Bertz CT molecular complexity index is 1190. The Balaban J connectivity index is 1.58. The smallest absolute Gasteiger partial charge is 0.341 e. The van der Waals surface area contributed by atoms with Crippen LogP contribution < -0.4 is 25.4 Å². The molecule has 10 heteroatoms. The van der Waals surface area contributed by atoms with Gasteiger partial charge >= 0.3 is 5.97 Å². The highest BCUT2D eigenvalue weighted by atomic mass is 32.1. The number of aromatic nitrogens is 2. The molecule has 1 saturated heterocycles. The lowest BCUT2D eigenvalue weighted by molar-refractivity contribution is 0.0694. The van der Waals surface area contributed by atoms with E-state index in [2.05, 4.69) is 15.2 Å². The number of anilines is 2. The summed E-state index contributed by atoms with van der Waals surface area (Å²) in [6, 6.07) is 3.83. The van der Waals surface area contributed by atoms with Crippen molar-refractivity contribution in [3.8, 4) is 5.75 Å². The molecule has 9 nitrogen and oxygen atoms in total. The minimum absolute atomic E-state index is 0.254. The predicted molar refractivity (Wildman–Crippen MR) is 116 cm³/mol. The van der Waals surface area contributed by atoms with Crippen molar-refractivity contribution in [1.29, 1.82) is 0 Å². The molecule has 2 N–H and O–H groups in total. The van der Waals surface area contributed by atoms with Crippen LogP contribution in [0, 0.1) is 0 Å². The topological polar surface area (TPSA) is 99.9 Å². The maximum Gasteiger partial charge on any atom is 0.341 e. The highest BCUT2D eigenvalue weighted by Gasteiger charge is 2.32. The summed E-state index contributed by atoms with van der Waals surface area (Å²) in [5.41, 5.74) is 0.746. The fraction of sp³-hybridized carbons (Fsp3) is 0.350. The number of nitrogens with zero attached hydrogens (tertiary/aromatic N) is 4. The first kappa shape index (κ1) is 18.7. The summed E-state index contributed by atoms with van der Waals surface area (Å²) in [6.07, 6.45) is 3.80. The van der Waals surface area contributed by atoms with Gasteiger partial charge in [0.05, 0.1) is 11.1 Å². The number of nitrogens with one attached hydrogen (secondary N) is 1. The van der Waals surface area contributed by atoms with Crippen molar-refractivity contribution in [3.63, 3.8) is 0 Å². The average molecular weight is 427 g/mol. The molecule has 0 radical (unpaired) electrons. The van der Waals surface area contributed by atoms with E-state index in [1.165, 1.54) is 6.20 Å². The highest BCUT2D eigenvalue weighted by molar-refractivity contribution is 7.13. The zero-order valence-electron chi connectivity index (χ0n) is 16.5. The normalized spacial score (nSPS) is 20.5. The molecular weight excluding hydrogens is 406 g/mol. The molecule has 2 aliphatic rings. The quantitative estimate of drug-likeness (QED) is 0.653. The summed E-state index contributed by atoms with van der Waals surface area (Å²) < 4.78 is 7.92. The van der Waals surface area contributed by atoms with Crippen molar-refractivity contribution >= 4 is 39.0 Å². The molecule has 0 amide bonds. The molecule has 4 heterocycles. The maximum atomic E-state index is 12.8. The first-order chi connectivity index (χ1) is 14.4.